The normalized spacial score (nSPS) is 30.6. The Kier molecular flexibility index (Phi) is 5.15. The Labute approximate surface area is 193 Å². The van der Waals surface area contributed by atoms with E-state index in [1.807, 2.05) is 62.4 Å². The van der Waals surface area contributed by atoms with Crippen molar-refractivity contribution in [3.05, 3.63) is 59.7 Å². The largest absolute Gasteiger partial charge is 0.497 e. The van der Waals surface area contributed by atoms with Gasteiger partial charge in [-0.3, -0.25) is 4.79 Å². The Bertz CT molecular complexity index is 1120. The van der Waals surface area contributed by atoms with E-state index in [0.29, 0.717) is 25.0 Å². The molecule has 2 aliphatic heterocycles. The summed E-state index contributed by atoms with van der Waals surface area (Å²) in [6.45, 7) is 3.98. The van der Waals surface area contributed by atoms with E-state index in [0.717, 1.165) is 28.3 Å². The summed E-state index contributed by atoms with van der Waals surface area (Å²) in [6, 6.07) is 15.4. The second kappa shape index (κ2) is 7.90. The van der Waals surface area contributed by atoms with Crippen molar-refractivity contribution in [3.63, 3.8) is 0 Å². The van der Waals surface area contributed by atoms with Crippen molar-refractivity contribution in [2.75, 3.05) is 14.2 Å². The molecule has 0 spiro atoms. The van der Waals surface area contributed by atoms with Gasteiger partial charge in [0.1, 0.15) is 40.1 Å². The molecule has 0 bridgehead atoms. The molecule has 0 amide bonds. The minimum absolute atomic E-state index is 0.0204. The van der Waals surface area contributed by atoms with Crippen LogP contribution in [-0.2, 0) is 14.5 Å². The van der Waals surface area contributed by atoms with Gasteiger partial charge in [0.25, 0.3) is 0 Å². The van der Waals surface area contributed by atoms with E-state index in [4.69, 9.17) is 19.1 Å². The number of methoxy groups -OCH3 is 2. The highest BCUT2D eigenvalue weighted by atomic mass is 16.7. The van der Waals surface area contributed by atoms with Crippen molar-refractivity contribution in [2.45, 2.75) is 44.8 Å². The zero-order valence-corrected chi connectivity index (χ0v) is 19.3. The molecule has 1 fully saturated rings. The maximum absolute atomic E-state index is 13.5. The molecule has 2 aromatic rings. The topological polar surface area (TPSA) is 78.7 Å². The lowest BCUT2D eigenvalue weighted by molar-refractivity contribution is -0.145. The smallest absolute Gasteiger partial charge is 0.149 e. The Balaban J connectivity index is 1.32. The zero-order valence-electron chi connectivity index (χ0n) is 19.3. The highest BCUT2D eigenvalue weighted by Gasteiger charge is 2.59. The van der Waals surface area contributed by atoms with Gasteiger partial charge in [-0.15, -0.1) is 0 Å². The van der Waals surface area contributed by atoms with E-state index in [1.54, 1.807) is 14.2 Å². The molecule has 7 nitrogen and oxygen atoms in total. The van der Waals surface area contributed by atoms with Crippen LogP contribution < -0.4 is 9.47 Å². The van der Waals surface area contributed by atoms with Gasteiger partial charge in [0.2, 0.25) is 0 Å². The lowest BCUT2D eigenvalue weighted by Gasteiger charge is -2.41. The zero-order chi connectivity index (χ0) is 23.2. The second-order valence-electron chi connectivity index (χ2n) is 9.37. The van der Waals surface area contributed by atoms with Crippen LogP contribution in [0.3, 0.4) is 0 Å². The van der Waals surface area contributed by atoms with E-state index in [9.17, 15) is 4.79 Å². The third kappa shape index (κ3) is 3.46. The molecule has 5 rings (SSSR count). The average Bonchev–Trinajstić information content (AvgIpc) is 3.41. The number of carbonyl (C=O) groups excluding carboxylic acids is 1. The molecular formula is C26H28N2O5. The number of fused-ring (bicyclic) bond motifs is 1. The van der Waals surface area contributed by atoms with Gasteiger partial charge in [0.15, 0.2) is 0 Å². The van der Waals surface area contributed by atoms with Gasteiger partial charge in [0, 0.05) is 24.3 Å². The first kappa shape index (κ1) is 21.5. The minimum atomic E-state index is -0.778. The predicted molar refractivity (Wildman–Crippen MR) is 124 cm³/mol. The molecular weight excluding hydrogens is 420 g/mol. The quantitative estimate of drug-likeness (QED) is 0.679. The van der Waals surface area contributed by atoms with Crippen LogP contribution in [-0.4, -0.2) is 43.1 Å². The Morgan fingerprint density at radius 2 is 1.52 bits per heavy atom. The van der Waals surface area contributed by atoms with Crippen molar-refractivity contribution in [1.82, 2.24) is 0 Å². The number of ether oxygens (including phenoxy) is 2. The molecule has 172 valence electrons. The van der Waals surface area contributed by atoms with Crippen molar-refractivity contribution >= 4 is 17.2 Å². The number of ketones is 1. The number of carbonyl (C=O) groups is 1. The summed E-state index contributed by atoms with van der Waals surface area (Å²) in [5.74, 6) is 1.66. The maximum atomic E-state index is 13.5. The van der Waals surface area contributed by atoms with E-state index in [2.05, 4.69) is 10.3 Å². The van der Waals surface area contributed by atoms with Crippen molar-refractivity contribution < 1.29 is 23.9 Å². The summed E-state index contributed by atoms with van der Waals surface area (Å²) >= 11 is 0. The van der Waals surface area contributed by atoms with Crippen molar-refractivity contribution in [3.8, 4) is 11.5 Å². The molecule has 0 saturated heterocycles. The summed E-state index contributed by atoms with van der Waals surface area (Å²) in [6.07, 6.45) is 1.37. The molecule has 2 aromatic carbocycles. The Morgan fingerprint density at radius 1 is 0.909 bits per heavy atom. The van der Waals surface area contributed by atoms with Crippen LogP contribution in [0.4, 0.5) is 0 Å². The Morgan fingerprint density at radius 3 is 2.12 bits per heavy atom. The monoisotopic (exact) mass is 448 g/mol. The summed E-state index contributed by atoms with van der Waals surface area (Å²) in [5.41, 5.74) is 2.09. The van der Waals surface area contributed by atoms with Gasteiger partial charge in [-0.2, -0.15) is 0 Å². The first-order valence-electron chi connectivity index (χ1n) is 11.2. The minimum Gasteiger partial charge on any atom is -0.497 e. The lowest BCUT2D eigenvalue weighted by atomic mass is 9.62. The van der Waals surface area contributed by atoms with Crippen LogP contribution in [0, 0.1) is 11.3 Å². The van der Waals surface area contributed by atoms with Gasteiger partial charge in [-0.1, -0.05) is 10.3 Å². The van der Waals surface area contributed by atoms with Gasteiger partial charge >= 0.3 is 0 Å². The van der Waals surface area contributed by atoms with Crippen LogP contribution in [0.2, 0.25) is 0 Å². The molecule has 33 heavy (non-hydrogen) atoms. The van der Waals surface area contributed by atoms with Crippen LogP contribution in [0.25, 0.3) is 0 Å². The summed E-state index contributed by atoms with van der Waals surface area (Å²) < 4.78 is 10.5. The van der Waals surface area contributed by atoms with E-state index < -0.39 is 11.0 Å². The molecule has 7 heteroatoms. The number of Topliss-reactive ketones (excluding diaryl/α,β-unsaturated/α-hetero) is 1. The highest BCUT2D eigenvalue weighted by molar-refractivity contribution is 6.18. The molecule has 1 saturated carbocycles. The number of hydrogen-bond donors (Lipinski definition) is 0. The standard InChI is InChI=1S/C26H28N2O5/c1-25(15-21(27-33-25)16-5-9-19(30-3)10-6-16)18-13-22(29)26(2)23(14-18)32-28-24(26)17-7-11-20(31-4)12-8-17/h5-12,18,23H,13-15H2,1-4H3/t18-,23?,25?,26-/m1/s1. The van der Waals surface area contributed by atoms with Gasteiger partial charge in [-0.25, -0.2) is 0 Å². The third-order valence-electron chi connectivity index (χ3n) is 7.45. The molecule has 0 radical (unpaired) electrons. The number of rotatable bonds is 5. The summed E-state index contributed by atoms with van der Waals surface area (Å²) in [7, 11) is 3.27. The Hall–Kier alpha value is -3.35. The van der Waals surface area contributed by atoms with E-state index in [-0.39, 0.29) is 17.8 Å². The predicted octanol–water partition coefficient (Wildman–Crippen LogP) is 4.38. The maximum Gasteiger partial charge on any atom is 0.149 e. The van der Waals surface area contributed by atoms with Crippen molar-refractivity contribution in [2.24, 2.45) is 21.6 Å². The van der Waals surface area contributed by atoms with Crippen molar-refractivity contribution in [1.29, 1.82) is 0 Å². The van der Waals surface area contributed by atoms with E-state index in [1.165, 1.54) is 0 Å². The lowest BCUT2D eigenvalue weighted by Crippen LogP contribution is -2.53. The van der Waals surface area contributed by atoms with Crippen LogP contribution in [0.5, 0.6) is 11.5 Å². The molecule has 1 aliphatic carbocycles. The number of benzene rings is 2. The second-order valence-corrected chi connectivity index (χ2v) is 9.37. The van der Waals surface area contributed by atoms with E-state index >= 15 is 0 Å². The first-order valence-corrected chi connectivity index (χ1v) is 11.2. The molecule has 2 unspecified atom stereocenters. The molecule has 2 heterocycles. The summed E-state index contributed by atoms with van der Waals surface area (Å²) in [4.78, 5) is 25.4. The number of nitrogens with zero attached hydrogens (tertiary/aromatic N) is 2. The molecule has 0 N–H and O–H groups in total. The van der Waals surface area contributed by atoms with Gasteiger partial charge in [0.05, 0.1) is 19.9 Å². The fraction of sp³-hybridized carbons (Fsp3) is 0.423. The number of hydrogen-bond acceptors (Lipinski definition) is 7. The van der Waals surface area contributed by atoms with Crippen LogP contribution in [0.15, 0.2) is 58.8 Å². The molecule has 3 aliphatic rings. The van der Waals surface area contributed by atoms with Crippen LogP contribution in [0.1, 0.15) is 44.2 Å². The fourth-order valence-electron chi connectivity index (χ4n) is 5.12. The van der Waals surface area contributed by atoms with Gasteiger partial charge < -0.3 is 19.1 Å². The van der Waals surface area contributed by atoms with Gasteiger partial charge in [-0.05, 0) is 74.4 Å². The molecule has 4 atom stereocenters. The summed E-state index contributed by atoms with van der Waals surface area (Å²) in [5, 5.41) is 8.74. The van der Waals surface area contributed by atoms with Crippen LogP contribution >= 0.6 is 0 Å². The first-order chi connectivity index (χ1) is 15.9. The average molecular weight is 449 g/mol. The number of oxime groups is 2. The highest BCUT2D eigenvalue weighted by Crippen LogP contribution is 2.49. The fourth-order valence-corrected chi connectivity index (χ4v) is 5.12. The SMILES string of the molecule is COc1ccc(C2=NOC(C)([C@@H]3CC(=O)[C@@]4(C)C(c5ccc(OC)cc5)=NOC4C3)C2)cc1. The third-order valence-corrected chi connectivity index (χ3v) is 7.45. The molecule has 0 aromatic heterocycles.